The molecule has 0 radical (unpaired) electrons. The van der Waals surface area contributed by atoms with Crippen LogP contribution < -0.4 is 5.32 Å². The van der Waals surface area contributed by atoms with Crippen molar-refractivity contribution in [1.29, 1.82) is 5.41 Å². The second-order valence-electron chi connectivity index (χ2n) is 1.64. The Hall–Kier alpha value is -1.04. The number of carbonyl (C=O) groups is 2. The highest BCUT2D eigenvalue weighted by Crippen LogP contribution is 2.16. The molecule has 1 amide bonds. The SMILES string of the molecule is N=C1SC(C(=O)O)NC1=O. The molecule has 0 spiro atoms. The lowest BCUT2D eigenvalue weighted by Crippen LogP contribution is -2.31. The molecule has 0 bridgehead atoms. The van der Waals surface area contributed by atoms with Gasteiger partial charge >= 0.3 is 5.97 Å². The maximum absolute atomic E-state index is 10.5. The fourth-order valence-corrected chi connectivity index (χ4v) is 1.17. The molecule has 1 aliphatic heterocycles. The molecule has 6 heteroatoms. The van der Waals surface area contributed by atoms with Crippen LogP contribution in [0.2, 0.25) is 0 Å². The second-order valence-corrected chi connectivity index (χ2v) is 2.75. The standard InChI is InChI=1S/C4H4N2O3S/c5-1-2(7)6-3(10-1)4(8)9/h3,5H,(H,6,7)(H,8,9). The van der Waals surface area contributed by atoms with Gasteiger partial charge in [-0.3, -0.25) is 10.2 Å². The zero-order chi connectivity index (χ0) is 7.72. The topological polar surface area (TPSA) is 90.2 Å². The van der Waals surface area contributed by atoms with E-state index in [0.717, 1.165) is 0 Å². The molecule has 1 heterocycles. The molecule has 5 nitrogen and oxygen atoms in total. The Bertz CT molecular complexity index is 199. The van der Waals surface area contributed by atoms with Gasteiger partial charge in [-0.05, 0) is 0 Å². The summed E-state index contributed by atoms with van der Waals surface area (Å²) in [5, 5.41) is 16.1. The highest BCUT2D eigenvalue weighted by atomic mass is 32.2. The largest absolute Gasteiger partial charge is 0.479 e. The first-order valence-electron chi connectivity index (χ1n) is 2.40. The first-order chi connectivity index (χ1) is 4.61. The van der Waals surface area contributed by atoms with Gasteiger partial charge in [-0.25, -0.2) is 4.79 Å². The van der Waals surface area contributed by atoms with E-state index >= 15 is 0 Å². The minimum absolute atomic E-state index is 0.243. The van der Waals surface area contributed by atoms with Gasteiger partial charge in [0, 0.05) is 0 Å². The smallest absolute Gasteiger partial charge is 0.337 e. The van der Waals surface area contributed by atoms with Crippen molar-refractivity contribution in [3.8, 4) is 0 Å². The molecule has 1 saturated heterocycles. The summed E-state index contributed by atoms with van der Waals surface area (Å²) in [5.41, 5.74) is 0. The first kappa shape index (κ1) is 7.07. The summed E-state index contributed by atoms with van der Waals surface area (Å²) in [4.78, 5) is 20.6. The fourth-order valence-electron chi connectivity index (χ4n) is 0.498. The van der Waals surface area contributed by atoms with Crippen LogP contribution in [-0.4, -0.2) is 27.4 Å². The monoisotopic (exact) mass is 160 g/mol. The van der Waals surface area contributed by atoms with Gasteiger partial charge in [0.25, 0.3) is 5.91 Å². The number of amides is 1. The summed E-state index contributed by atoms with van der Waals surface area (Å²) in [6, 6.07) is 0. The number of rotatable bonds is 1. The molecule has 0 aliphatic carbocycles. The van der Waals surface area contributed by atoms with Gasteiger partial charge < -0.3 is 10.4 Å². The van der Waals surface area contributed by atoms with Crippen molar-refractivity contribution in [3.63, 3.8) is 0 Å². The molecule has 1 fully saturated rings. The van der Waals surface area contributed by atoms with Crippen molar-refractivity contribution < 1.29 is 14.7 Å². The van der Waals surface area contributed by atoms with E-state index in [2.05, 4.69) is 5.32 Å². The Balaban J connectivity index is 2.66. The number of carboxylic acids is 1. The summed E-state index contributed by atoms with van der Waals surface area (Å²) >= 11 is 0.705. The van der Waals surface area contributed by atoms with Gasteiger partial charge in [-0.15, -0.1) is 0 Å². The van der Waals surface area contributed by atoms with Gasteiger partial charge in [0.15, 0.2) is 10.4 Å². The van der Waals surface area contributed by atoms with E-state index in [9.17, 15) is 9.59 Å². The Morgan fingerprint density at radius 2 is 2.40 bits per heavy atom. The van der Waals surface area contributed by atoms with Crippen molar-refractivity contribution in [3.05, 3.63) is 0 Å². The molecule has 1 aliphatic rings. The Kier molecular flexibility index (Phi) is 1.62. The third-order valence-corrected chi connectivity index (χ3v) is 1.90. The number of thioether (sulfide) groups is 1. The van der Waals surface area contributed by atoms with E-state index in [1.165, 1.54) is 0 Å². The van der Waals surface area contributed by atoms with Gasteiger partial charge in [-0.2, -0.15) is 0 Å². The molecule has 0 aromatic heterocycles. The van der Waals surface area contributed by atoms with E-state index < -0.39 is 17.3 Å². The molecular weight excluding hydrogens is 156 g/mol. The Labute approximate surface area is 60.3 Å². The van der Waals surface area contributed by atoms with Crippen LogP contribution >= 0.6 is 11.8 Å². The summed E-state index contributed by atoms with van der Waals surface area (Å²) < 4.78 is 0. The summed E-state index contributed by atoms with van der Waals surface area (Å²) in [6.07, 6.45) is 0. The normalized spacial score (nSPS) is 24.6. The summed E-state index contributed by atoms with van der Waals surface area (Å²) in [5.74, 6) is -1.74. The van der Waals surface area contributed by atoms with E-state index in [-0.39, 0.29) is 5.04 Å². The number of carbonyl (C=O) groups excluding carboxylic acids is 1. The van der Waals surface area contributed by atoms with E-state index in [1.54, 1.807) is 0 Å². The lowest BCUT2D eigenvalue weighted by Gasteiger charge is -1.97. The van der Waals surface area contributed by atoms with Crippen molar-refractivity contribution in [2.24, 2.45) is 0 Å². The van der Waals surface area contributed by atoms with Gasteiger partial charge in [-0.1, -0.05) is 11.8 Å². The fraction of sp³-hybridized carbons (Fsp3) is 0.250. The molecule has 1 unspecified atom stereocenters. The van der Waals surface area contributed by atoms with Crippen LogP contribution in [0.3, 0.4) is 0 Å². The van der Waals surface area contributed by atoms with Crippen molar-refractivity contribution >= 4 is 28.7 Å². The van der Waals surface area contributed by atoms with E-state index in [4.69, 9.17) is 10.5 Å². The number of aliphatic carboxylic acids is 1. The highest BCUT2D eigenvalue weighted by molar-refractivity contribution is 8.17. The van der Waals surface area contributed by atoms with Crippen molar-refractivity contribution in [2.45, 2.75) is 5.37 Å². The average Bonchev–Trinajstić information content (AvgIpc) is 2.13. The average molecular weight is 160 g/mol. The van der Waals surface area contributed by atoms with Crippen LogP contribution in [0.4, 0.5) is 0 Å². The third kappa shape index (κ3) is 1.10. The third-order valence-electron chi connectivity index (χ3n) is 0.928. The molecule has 0 saturated carbocycles. The zero-order valence-electron chi connectivity index (χ0n) is 4.75. The highest BCUT2D eigenvalue weighted by Gasteiger charge is 2.32. The van der Waals surface area contributed by atoms with Crippen LogP contribution in [0.5, 0.6) is 0 Å². The summed E-state index contributed by atoms with van der Waals surface area (Å²) in [6.45, 7) is 0. The maximum atomic E-state index is 10.5. The van der Waals surface area contributed by atoms with Gasteiger partial charge in [0.05, 0.1) is 0 Å². The number of hydrogen-bond donors (Lipinski definition) is 3. The van der Waals surface area contributed by atoms with Crippen LogP contribution in [0.15, 0.2) is 0 Å². The van der Waals surface area contributed by atoms with Crippen molar-refractivity contribution in [2.75, 3.05) is 0 Å². The van der Waals surface area contributed by atoms with Gasteiger partial charge in [0.2, 0.25) is 0 Å². The Morgan fingerprint density at radius 3 is 2.60 bits per heavy atom. The second kappa shape index (κ2) is 2.30. The zero-order valence-corrected chi connectivity index (χ0v) is 5.57. The predicted octanol–water partition coefficient (Wildman–Crippen LogP) is -0.763. The van der Waals surface area contributed by atoms with Crippen LogP contribution in [-0.2, 0) is 9.59 Å². The molecule has 1 atom stereocenters. The minimum Gasteiger partial charge on any atom is -0.479 e. The number of nitrogens with one attached hydrogen (secondary N) is 2. The van der Waals surface area contributed by atoms with Crippen LogP contribution in [0, 0.1) is 5.41 Å². The minimum atomic E-state index is -1.12. The van der Waals surface area contributed by atoms with Crippen LogP contribution in [0.1, 0.15) is 0 Å². The maximum Gasteiger partial charge on any atom is 0.337 e. The summed E-state index contributed by atoms with van der Waals surface area (Å²) in [7, 11) is 0. The lowest BCUT2D eigenvalue weighted by atomic mass is 10.6. The number of carboxylic acid groups (broad SMARTS) is 1. The molecule has 3 N–H and O–H groups in total. The number of hydrogen-bond acceptors (Lipinski definition) is 4. The van der Waals surface area contributed by atoms with Crippen LogP contribution in [0.25, 0.3) is 0 Å². The Morgan fingerprint density at radius 1 is 1.80 bits per heavy atom. The molecule has 0 aromatic rings. The van der Waals surface area contributed by atoms with Crippen molar-refractivity contribution in [1.82, 2.24) is 5.32 Å². The molecule has 10 heavy (non-hydrogen) atoms. The lowest BCUT2D eigenvalue weighted by molar-refractivity contribution is -0.138. The van der Waals surface area contributed by atoms with E-state index in [0.29, 0.717) is 11.8 Å². The first-order valence-corrected chi connectivity index (χ1v) is 3.28. The van der Waals surface area contributed by atoms with Gasteiger partial charge in [0.1, 0.15) is 0 Å². The molecule has 1 rings (SSSR count). The predicted molar refractivity (Wildman–Crippen MR) is 34.9 cm³/mol. The molecule has 0 aromatic carbocycles. The molecule has 54 valence electrons. The quantitative estimate of drug-likeness (QED) is 0.470. The molecular formula is C4H4N2O3S. The van der Waals surface area contributed by atoms with E-state index in [1.807, 2.05) is 0 Å².